The van der Waals surface area contributed by atoms with Crippen molar-refractivity contribution in [1.29, 1.82) is 0 Å². The second-order valence-corrected chi connectivity index (χ2v) is 8.25. The topological polar surface area (TPSA) is 75.2 Å². The molecule has 1 N–H and O–H groups in total. The Balaban J connectivity index is 1.35. The van der Waals surface area contributed by atoms with Crippen LogP contribution in [0.2, 0.25) is 0 Å². The summed E-state index contributed by atoms with van der Waals surface area (Å²) in [6, 6.07) is 27.2. The third-order valence-corrected chi connectivity index (χ3v) is 5.95. The van der Waals surface area contributed by atoms with Crippen LogP contribution in [0.25, 0.3) is 11.3 Å². The van der Waals surface area contributed by atoms with Gasteiger partial charge in [0.2, 0.25) is 0 Å². The van der Waals surface area contributed by atoms with Gasteiger partial charge in [-0.1, -0.05) is 60.7 Å². The minimum atomic E-state index is -0.340. The highest BCUT2D eigenvalue weighted by atomic mass is 16.2. The maximum absolute atomic E-state index is 13.1. The second-order valence-electron chi connectivity index (χ2n) is 8.25. The lowest BCUT2D eigenvalue weighted by Gasteiger charge is -2.15. The Hall–Kier alpha value is -4.32. The molecule has 0 spiro atoms. The van der Waals surface area contributed by atoms with Gasteiger partial charge in [0.15, 0.2) is 11.6 Å². The van der Waals surface area contributed by atoms with Gasteiger partial charge in [0, 0.05) is 35.5 Å². The number of hydrogen-bond donors (Lipinski definition) is 1. The second kappa shape index (κ2) is 9.67. The number of benzene rings is 3. The van der Waals surface area contributed by atoms with E-state index in [1.807, 2.05) is 54.6 Å². The molecule has 1 saturated heterocycles. The molecule has 168 valence electrons. The highest BCUT2D eigenvalue weighted by Crippen LogP contribution is 2.24. The molecule has 0 aliphatic carbocycles. The van der Waals surface area contributed by atoms with Crippen molar-refractivity contribution in [3.63, 3.8) is 0 Å². The fraction of sp³-hybridized carbons (Fsp3) is 0.143. The van der Waals surface area contributed by atoms with Gasteiger partial charge >= 0.3 is 0 Å². The summed E-state index contributed by atoms with van der Waals surface area (Å²) in [5.41, 5.74) is 3.45. The fourth-order valence-electron chi connectivity index (χ4n) is 4.17. The first-order chi connectivity index (χ1) is 16.7. The van der Waals surface area contributed by atoms with E-state index in [-0.39, 0.29) is 11.7 Å². The van der Waals surface area contributed by atoms with Crippen LogP contribution in [0, 0.1) is 0 Å². The van der Waals surface area contributed by atoms with Crippen molar-refractivity contribution < 1.29 is 9.59 Å². The van der Waals surface area contributed by atoms with E-state index < -0.39 is 0 Å². The predicted octanol–water partition coefficient (Wildman–Crippen LogP) is 5.23. The van der Waals surface area contributed by atoms with Gasteiger partial charge < -0.3 is 10.2 Å². The minimum absolute atomic E-state index is 0.187. The number of carbonyl (C=O) groups excluding carboxylic acids is 2. The van der Waals surface area contributed by atoms with E-state index in [1.54, 1.807) is 36.4 Å². The van der Waals surface area contributed by atoms with Gasteiger partial charge in [0.25, 0.3) is 5.91 Å². The molecule has 4 aromatic rings. The van der Waals surface area contributed by atoms with E-state index in [2.05, 4.69) is 20.4 Å². The number of nitrogens with one attached hydrogen (secondary N) is 1. The average Bonchev–Trinajstić information content (AvgIpc) is 3.44. The van der Waals surface area contributed by atoms with E-state index in [0.717, 1.165) is 30.2 Å². The zero-order valence-electron chi connectivity index (χ0n) is 18.6. The van der Waals surface area contributed by atoms with Crippen LogP contribution in [0.15, 0.2) is 91.0 Å². The number of rotatable bonds is 6. The number of ketones is 1. The van der Waals surface area contributed by atoms with Crippen molar-refractivity contribution in [2.24, 2.45) is 0 Å². The van der Waals surface area contributed by atoms with Gasteiger partial charge in [-0.2, -0.15) is 0 Å². The summed E-state index contributed by atoms with van der Waals surface area (Å²) in [7, 11) is 0. The van der Waals surface area contributed by atoms with Gasteiger partial charge in [-0.15, -0.1) is 10.2 Å². The van der Waals surface area contributed by atoms with Gasteiger partial charge in [-0.3, -0.25) is 9.59 Å². The van der Waals surface area contributed by atoms with Gasteiger partial charge in [-0.05, 0) is 43.2 Å². The molecule has 0 saturated carbocycles. The quantitative estimate of drug-likeness (QED) is 0.409. The Morgan fingerprint density at radius 3 is 2.21 bits per heavy atom. The maximum Gasteiger partial charge on any atom is 0.256 e. The summed E-state index contributed by atoms with van der Waals surface area (Å²) in [5, 5.41) is 11.7. The van der Waals surface area contributed by atoms with Gasteiger partial charge in [0.05, 0.1) is 11.3 Å². The van der Waals surface area contributed by atoms with Crippen LogP contribution in [0.1, 0.15) is 39.1 Å². The Kier molecular flexibility index (Phi) is 6.12. The summed E-state index contributed by atoms with van der Waals surface area (Å²) < 4.78 is 0. The van der Waals surface area contributed by atoms with Gasteiger partial charge in [-0.25, -0.2) is 0 Å². The van der Waals surface area contributed by atoms with Crippen molar-refractivity contribution in [3.8, 4) is 11.3 Å². The lowest BCUT2D eigenvalue weighted by molar-refractivity contribution is 0.0996. The number of hydrogen-bond acceptors (Lipinski definition) is 5. The summed E-state index contributed by atoms with van der Waals surface area (Å²) in [6.45, 7) is 2.04. The first-order valence-electron chi connectivity index (χ1n) is 11.4. The van der Waals surface area contributed by atoms with E-state index in [4.69, 9.17) is 0 Å². The van der Waals surface area contributed by atoms with Crippen molar-refractivity contribution in [2.75, 3.05) is 23.3 Å². The van der Waals surface area contributed by atoms with Crippen LogP contribution in [-0.4, -0.2) is 35.0 Å². The molecule has 1 amide bonds. The molecule has 1 aromatic heterocycles. The SMILES string of the molecule is O=C(Nc1cccc(-c2ccc(N3CCCC3)nn2)c1)c1ccccc1C(=O)c1ccccc1. The van der Waals surface area contributed by atoms with Crippen LogP contribution in [0.5, 0.6) is 0 Å². The zero-order valence-corrected chi connectivity index (χ0v) is 18.6. The summed E-state index contributed by atoms with van der Waals surface area (Å²) in [6.07, 6.45) is 2.37. The molecule has 34 heavy (non-hydrogen) atoms. The average molecular weight is 449 g/mol. The number of carbonyl (C=O) groups is 2. The number of amides is 1. The third-order valence-electron chi connectivity index (χ3n) is 5.95. The molecule has 0 bridgehead atoms. The highest BCUT2D eigenvalue weighted by molar-refractivity contribution is 6.17. The van der Waals surface area contributed by atoms with Crippen LogP contribution < -0.4 is 10.2 Å². The molecule has 1 aliphatic heterocycles. The van der Waals surface area contributed by atoms with Crippen molar-refractivity contribution in [3.05, 3.63) is 108 Å². The molecule has 0 unspecified atom stereocenters. The van der Waals surface area contributed by atoms with Crippen LogP contribution in [-0.2, 0) is 0 Å². The van der Waals surface area contributed by atoms with E-state index in [1.165, 1.54) is 12.8 Å². The molecule has 6 nitrogen and oxygen atoms in total. The number of aromatic nitrogens is 2. The number of anilines is 2. The van der Waals surface area contributed by atoms with E-state index >= 15 is 0 Å². The fourth-order valence-corrected chi connectivity index (χ4v) is 4.17. The van der Waals surface area contributed by atoms with Crippen molar-refractivity contribution in [2.45, 2.75) is 12.8 Å². The Morgan fingerprint density at radius 2 is 1.47 bits per heavy atom. The molecule has 5 rings (SSSR count). The van der Waals surface area contributed by atoms with Crippen molar-refractivity contribution in [1.82, 2.24) is 10.2 Å². The lowest BCUT2D eigenvalue weighted by atomic mass is 9.98. The van der Waals surface area contributed by atoms with E-state index in [9.17, 15) is 9.59 Å². The molecule has 2 heterocycles. The molecular weight excluding hydrogens is 424 g/mol. The molecule has 0 atom stereocenters. The molecular formula is C28H24N4O2. The molecule has 6 heteroatoms. The van der Waals surface area contributed by atoms with Crippen LogP contribution in [0.4, 0.5) is 11.5 Å². The lowest BCUT2D eigenvalue weighted by Crippen LogP contribution is -2.19. The number of nitrogens with zero attached hydrogens (tertiary/aromatic N) is 3. The third kappa shape index (κ3) is 4.57. The minimum Gasteiger partial charge on any atom is -0.355 e. The maximum atomic E-state index is 13.1. The molecule has 3 aromatic carbocycles. The first kappa shape index (κ1) is 21.5. The predicted molar refractivity (Wildman–Crippen MR) is 133 cm³/mol. The normalized spacial score (nSPS) is 13.0. The Morgan fingerprint density at radius 1 is 0.735 bits per heavy atom. The standard InChI is InChI=1S/C28H24N4O2/c33-27(20-9-2-1-3-10-20)23-13-4-5-14-24(23)28(34)29-22-12-8-11-21(19-22)25-15-16-26(31-30-25)32-17-6-7-18-32/h1-5,8-16,19H,6-7,17-18H2,(H,29,34). The summed E-state index contributed by atoms with van der Waals surface area (Å²) in [5.74, 6) is 0.367. The Bertz CT molecular complexity index is 1310. The molecule has 0 radical (unpaired) electrons. The highest BCUT2D eigenvalue weighted by Gasteiger charge is 2.18. The van der Waals surface area contributed by atoms with Crippen molar-refractivity contribution >= 4 is 23.2 Å². The smallest absolute Gasteiger partial charge is 0.256 e. The Labute approximate surface area is 198 Å². The molecule has 1 aliphatic rings. The van der Waals surface area contributed by atoms with Crippen LogP contribution in [0.3, 0.4) is 0 Å². The zero-order chi connectivity index (χ0) is 23.3. The van der Waals surface area contributed by atoms with E-state index in [0.29, 0.717) is 22.4 Å². The van der Waals surface area contributed by atoms with Crippen LogP contribution >= 0.6 is 0 Å². The monoisotopic (exact) mass is 448 g/mol. The largest absolute Gasteiger partial charge is 0.355 e. The van der Waals surface area contributed by atoms with Gasteiger partial charge in [0.1, 0.15) is 0 Å². The summed E-state index contributed by atoms with van der Waals surface area (Å²) >= 11 is 0. The molecule has 1 fully saturated rings. The first-order valence-corrected chi connectivity index (χ1v) is 11.4. The summed E-state index contributed by atoms with van der Waals surface area (Å²) in [4.78, 5) is 28.3.